The second kappa shape index (κ2) is 6.21. The van der Waals surface area contributed by atoms with Gasteiger partial charge >= 0.3 is 0 Å². The van der Waals surface area contributed by atoms with Crippen molar-refractivity contribution in [3.05, 3.63) is 64.7 Å². The lowest BCUT2D eigenvalue weighted by Crippen LogP contribution is -2.32. The summed E-state index contributed by atoms with van der Waals surface area (Å²) in [6.45, 7) is 0.396. The zero-order valence-corrected chi connectivity index (χ0v) is 13.7. The molecule has 2 aromatic rings. The molecule has 132 valence electrons. The highest BCUT2D eigenvalue weighted by atomic mass is 19.1. The number of hydrogen-bond donors (Lipinski definition) is 1. The largest absolute Gasteiger partial charge is 0.352 e. The molecule has 0 atom stereocenters. The molecule has 0 bridgehead atoms. The van der Waals surface area contributed by atoms with E-state index in [-0.39, 0.29) is 24.6 Å². The van der Waals surface area contributed by atoms with Crippen LogP contribution in [0.5, 0.6) is 0 Å². The van der Waals surface area contributed by atoms with Gasteiger partial charge in [-0.2, -0.15) is 5.10 Å². The summed E-state index contributed by atoms with van der Waals surface area (Å²) in [5, 5.41) is 7.02. The summed E-state index contributed by atoms with van der Waals surface area (Å²) in [5.74, 6) is -1.09. The second-order valence-electron chi connectivity index (χ2n) is 6.20. The van der Waals surface area contributed by atoms with Crippen molar-refractivity contribution in [3.8, 4) is 0 Å². The Morgan fingerprint density at radius 2 is 1.81 bits per heavy atom. The van der Waals surface area contributed by atoms with Gasteiger partial charge in [0.1, 0.15) is 0 Å². The van der Waals surface area contributed by atoms with Gasteiger partial charge in [-0.3, -0.25) is 24.0 Å². The molecular formula is C18H15FN4O3. The molecule has 0 aliphatic carbocycles. The van der Waals surface area contributed by atoms with Gasteiger partial charge in [-0.25, -0.2) is 4.39 Å². The quantitative estimate of drug-likeness (QED) is 0.840. The lowest BCUT2D eigenvalue weighted by molar-refractivity contribution is 0.0665. The minimum Gasteiger partial charge on any atom is -0.352 e. The first-order chi connectivity index (χ1) is 12.6. The second-order valence-corrected chi connectivity index (χ2v) is 6.20. The van der Waals surface area contributed by atoms with Crippen molar-refractivity contribution in [2.24, 2.45) is 0 Å². The van der Waals surface area contributed by atoms with E-state index in [1.165, 1.54) is 4.68 Å². The summed E-state index contributed by atoms with van der Waals surface area (Å²) in [5.41, 5.74) is 1.98. The molecule has 1 aromatic carbocycles. The number of carbonyl (C=O) groups excluding carboxylic acids is 3. The van der Waals surface area contributed by atoms with Crippen LogP contribution in [-0.2, 0) is 13.0 Å². The smallest absolute Gasteiger partial charge is 0.261 e. The number of fused-ring (bicyclic) bond motifs is 2. The van der Waals surface area contributed by atoms with Gasteiger partial charge in [0.25, 0.3) is 17.7 Å². The van der Waals surface area contributed by atoms with Crippen LogP contribution in [0.2, 0.25) is 0 Å². The number of hydrogen-bond acceptors (Lipinski definition) is 4. The summed E-state index contributed by atoms with van der Waals surface area (Å²) in [6.07, 6.45) is 2.54. The molecule has 8 heteroatoms. The van der Waals surface area contributed by atoms with E-state index in [9.17, 15) is 18.8 Å². The van der Waals surface area contributed by atoms with E-state index in [2.05, 4.69) is 10.4 Å². The normalized spacial score (nSPS) is 16.6. The van der Waals surface area contributed by atoms with Crippen LogP contribution in [0.4, 0.5) is 4.39 Å². The lowest BCUT2D eigenvalue weighted by Gasteiger charge is -2.15. The first-order valence-corrected chi connectivity index (χ1v) is 8.16. The van der Waals surface area contributed by atoms with Gasteiger partial charge in [0.05, 0.1) is 41.8 Å². The van der Waals surface area contributed by atoms with Crippen molar-refractivity contribution in [2.75, 3.05) is 13.1 Å². The van der Waals surface area contributed by atoms with Crippen molar-refractivity contribution < 1.29 is 18.8 Å². The number of imide groups is 1. The van der Waals surface area contributed by atoms with E-state index in [0.717, 1.165) is 4.90 Å². The Morgan fingerprint density at radius 1 is 1.12 bits per heavy atom. The molecule has 0 unspecified atom stereocenters. The molecule has 0 saturated heterocycles. The molecule has 4 rings (SSSR count). The monoisotopic (exact) mass is 354 g/mol. The molecule has 2 aliphatic heterocycles. The lowest BCUT2D eigenvalue weighted by atomic mass is 10.1. The summed E-state index contributed by atoms with van der Waals surface area (Å²) >= 11 is 0. The molecule has 1 aromatic heterocycles. The highest BCUT2D eigenvalue weighted by Crippen LogP contribution is 2.23. The third kappa shape index (κ3) is 2.59. The molecule has 0 saturated carbocycles. The van der Waals surface area contributed by atoms with Crippen LogP contribution >= 0.6 is 0 Å². The number of halogens is 1. The van der Waals surface area contributed by atoms with E-state index in [0.29, 0.717) is 41.7 Å². The predicted molar refractivity (Wildman–Crippen MR) is 89.3 cm³/mol. The van der Waals surface area contributed by atoms with Gasteiger partial charge in [-0.1, -0.05) is 12.1 Å². The van der Waals surface area contributed by atoms with E-state index in [1.807, 2.05) is 0 Å². The van der Waals surface area contributed by atoms with E-state index in [4.69, 9.17) is 0 Å². The van der Waals surface area contributed by atoms with Crippen molar-refractivity contribution in [2.45, 2.75) is 13.0 Å². The van der Waals surface area contributed by atoms with E-state index < -0.39 is 11.8 Å². The maximum Gasteiger partial charge on any atom is 0.261 e. The summed E-state index contributed by atoms with van der Waals surface area (Å²) in [6, 6.07) is 6.51. The first kappa shape index (κ1) is 16.2. The van der Waals surface area contributed by atoms with Gasteiger partial charge < -0.3 is 5.32 Å². The molecule has 7 nitrogen and oxygen atoms in total. The van der Waals surface area contributed by atoms with Gasteiger partial charge in [-0.15, -0.1) is 0 Å². The minimum atomic E-state index is -0.441. The topological polar surface area (TPSA) is 84.3 Å². The summed E-state index contributed by atoms with van der Waals surface area (Å²) < 4.78 is 14.9. The number of rotatable bonds is 4. The number of nitrogens with zero attached hydrogens (tertiary/aromatic N) is 3. The Kier molecular flexibility index (Phi) is 3.87. The predicted octanol–water partition coefficient (Wildman–Crippen LogP) is 1.32. The van der Waals surface area contributed by atoms with Crippen molar-refractivity contribution in [1.82, 2.24) is 20.0 Å². The zero-order chi connectivity index (χ0) is 18.3. The van der Waals surface area contributed by atoms with Gasteiger partial charge in [-0.05, 0) is 17.7 Å². The van der Waals surface area contributed by atoms with Crippen LogP contribution in [0.3, 0.4) is 0 Å². The molecule has 26 heavy (non-hydrogen) atoms. The fraction of sp³-hybridized carbons (Fsp3) is 0.222. The fourth-order valence-electron chi connectivity index (χ4n) is 3.22. The molecule has 0 spiro atoms. The molecule has 0 radical (unpaired) electrons. The Balaban J connectivity index is 1.52. The standard InChI is InChI=1S/C18H15FN4O3/c19-7-11(8-22-10-14-15(21-22)5-6-20-16(14)24)9-23-17(25)12-3-1-2-4-13(12)18(23)26/h1-4,7,10H,5-6,8-9H2,(H,20,24)/b11-7-. The summed E-state index contributed by atoms with van der Waals surface area (Å²) in [4.78, 5) is 37.6. The molecule has 3 heterocycles. The average Bonchev–Trinajstić information content (AvgIpc) is 3.17. The Hall–Kier alpha value is -3.29. The molecular weight excluding hydrogens is 339 g/mol. The van der Waals surface area contributed by atoms with Gasteiger partial charge in [0.2, 0.25) is 0 Å². The van der Waals surface area contributed by atoms with Crippen molar-refractivity contribution in [1.29, 1.82) is 0 Å². The van der Waals surface area contributed by atoms with Gasteiger partial charge in [0, 0.05) is 19.2 Å². The Morgan fingerprint density at radius 3 is 2.42 bits per heavy atom. The number of nitrogens with one attached hydrogen (secondary N) is 1. The van der Waals surface area contributed by atoms with E-state index >= 15 is 0 Å². The van der Waals surface area contributed by atoms with Crippen LogP contribution < -0.4 is 5.32 Å². The van der Waals surface area contributed by atoms with Crippen LogP contribution in [0, 0.1) is 0 Å². The molecule has 1 N–H and O–H groups in total. The zero-order valence-electron chi connectivity index (χ0n) is 13.7. The minimum absolute atomic E-state index is 0.0458. The Bertz CT molecular complexity index is 928. The van der Waals surface area contributed by atoms with Crippen molar-refractivity contribution >= 4 is 17.7 Å². The third-order valence-corrected chi connectivity index (χ3v) is 4.49. The SMILES string of the molecule is O=C1NCCc2nn(C/C(=C/F)CN3C(=O)c4ccccc4C3=O)cc21. The molecule has 3 amide bonds. The number of carbonyl (C=O) groups is 3. The molecule has 2 aliphatic rings. The third-order valence-electron chi connectivity index (χ3n) is 4.49. The maximum absolute atomic E-state index is 13.4. The van der Waals surface area contributed by atoms with E-state index in [1.54, 1.807) is 30.5 Å². The van der Waals surface area contributed by atoms with Gasteiger partial charge in [0.15, 0.2) is 0 Å². The van der Waals surface area contributed by atoms with Crippen LogP contribution in [0.25, 0.3) is 0 Å². The van der Waals surface area contributed by atoms with Crippen molar-refractivity contribution in [3.63, 3.8) is 0 Å². The summed E-state index contributed by atoms with van der Waals surface area (Å²) in [7, 11) is 0. The first-order valence-electron chi connectivity index (χ1n) is 8.16. The number of aromatic nitrogens is 2. The number of benzene rings is 1. The maximum atomic E-state index is 13.4. The van der Waals surface area contributed by atoms with Crippen LogP contribution in [0.15, 0.2) is 42.4 Å². The average molecular weight is 354 g/mol. The fourth-order valence-corrected chi connectivity index (χ4v) is 3.22. The highest BCUT2D eigenvalue weighted by molar-refractivity contribution is 6.21. The number of amides is 3. The Labute approximate surface area is 148 Å². The highest BCUT2D eigenvalue weighted by Gasteiger charge is 2.35. The van der Waals surface area contributed by atoms with Crippen LogP contribution in [0.1, 0.15) is 36.8 Å². The van der Waals surface area contributed by atoms with Crippen LogP contribution in [-0.4, -0.2) is 45.5 Å². The molecule has 0 fully saturated rings.